The lowest BCUT2D eigenvalue weighted by Gasteiger charge is -2.13. The number of hydrogen-bond acceptors (Lipinski definition) is 3. The summed E-state index contributed by atoms with van der Waals surface area (Å²) in [4.78, 5) is 10.5. The molecule has 0 saturated carbocycles. The fraction of sp³-hybridized carbons (Fsp3) is 0.300. The van der Waals surface area contributed by atoms with Crippen LogP contribution in [0.2, 0.25) is 0 Å². The van der Waals surface area contributed by atoms with Crippen LogP contribution in [-0.2, 0) is 4.79 Å². The Balaban J connectivity index is 3.05. The third-order valence-electron chi connectivity index (χ3n) is 2.14. The van der Waals surface area contributed by atoms with Crippen LogP contribution in [0.15, 0.2) is 16.6 Å². The monoisotopic (exact) mass is 273 g/mol. The highest BCUT2D eigenvalue weighted by Crippen LogP contribution is 2.34. The summed E-state index contributed by atoms with van der Waals surface area (Å²) in [7, 11) is 0. The maximum absolute atomic E-state index is 10.5. The number of rotatable bonds is 3. The summed E-state index contributed by atoms with van der Waals surface area (Å²) in [6.07, 6.45) is -0.166. The number of carboxylic acid groups (broad SMARTS) is 1. The molecule has 0 aromatic heterocycles. The maximum atomic E-state index is 10.5. The zero-order chi connectivity index (χ0) is 11.6. The molecule has 5 heteroatoms. The molecule has 4 nitrogen and oxygen atoms in total. The van der Waals surface area contributed by atoms with Crippen LogP contribution in [0.1, 0.15) is 23.6 Å². The van der Waals surface area contributed by atoms with Gasteiger partial charge in [-0.3, -0.25) is 4.79 Å². The summed E-state index contributed by atoms with van der Waals surface area (Å²) in [5.74, 6) is -0.859. The van der Waals surface area contributed by atoms with Crippen LogP contribution in [0.3, 0.4) is 0 Å². The molecule has 0 radical (unpaired) electrons. The Bertz CT molecular complexity index is 392. The molecule has 1 atom stereocenters. The van der Waals surface area contributed by atoms with Crippen LogP contribution in [0, 0.1) is 6.92 Å². The van der Waals surface area contributed by atoms with Gasteiger partial charge in [-0.1, -0.05) is 12.1 Å². The molecule has 0 aliphatic rings. The highest BCUT2D eigenvalue weighted by Gasteiger charge is 2.16. The fourth-order valence-corrected chi connectivity index (χ4v) is 2.00. The van der Waals surface area contributed by atoms with Gasteiger partial charge in [-0.05, 0) is 34.0 Å². The summed E-state index contributed by atoms with van der Waals surface area (Å²) in [5.41, 5.74) is 7.01. The lowest BCUT2D eigenvalue weighted by molar-refractivity contribution is -0.137. The first-order valence-corrected chi connectivity index (χ1v) is 5.18. The van der Waals surface area contributed by atoms with Crippen molar-refractivity contribution in [2.75, 3.05) is 0 Å². The molecule has 1 rings (SSSR count). The van der Waals surface area contributed by atoms with Crippen molar-refractivity contribution in [3.05, 3.63) is 27.7 Å². The second-order valence-corrected chi connectivity index (χ2v) is 4.13. The summed E-state index contributed by atoms with van der Waals surface area (Å²) in [6, 6.07) is 2.80. The van der Waals surface area contributed by atoms with Gasteiger partial charge in [-0.2, -0.15) is 0 Å². The van der Waals surface area contributed by atoms with Gasteiger partial charge in [-0.25, -0.2) is 0 Å². The Morgan fingerprint density at radius 1 is 1.60 bits per heavy atom. The normalized spacial score (nSPS) is 12.5. The second kappa shape index (κ2) is 4.63. The summed E-state index contributed by atoms with van der Waals surface area (Å²) >= 11 is 3.20. The molecule has 82 valence electrons. The molecule has 1 aromatic carbocycles. The van der Waals surface area contributed by atoms with Gasteiger partial charge in [0, 0.05) is 6.04 Å². The minimum absolute atomic E-state index is 0.105. The molecular formula is C10H12BrNO3. The predicted molar refractivity (Wildman–Crippen MR) is 59.7 cm³/mol. The molecule has 0 spiro atoms. The average molecular weight is 274 g/mol. The molecule has 0 heterocycles. The Labute approximate surface area is 95.8 Å². The molecule has 15 heavy (non-hydrogen) atoms. The lowest BCUT2D eigenvalue weighted by atomic mass is 10.0. The number of aliphatic carboxylic acids is 1. The van der Waals surface area contributed by atoms with E-state index in [0.29, 0.717) is 15.6 Å². The van der Waals surface area contributed by atoms with E-state index in [9.17, 15) is 9.90 Å². The van der Waals surface area contributed by atoms with E-state index >= 15 is 0 Å². The summed E-state index contributed by atoms with van der Waals surface area (Å²) in [6.45, 7) is 1.76. The van der Waals surface area contributed by atoms with Gasteiger partial charge in [0.25, 0.3) is 0 Å². The molecule has 0 bridgehead atoms. The molecule has 1 aromatic rings. The number of halogens is 1. The summed E-state index contributed by atoms with van der Waals surface area (Å²) in [5, 5.41) is 18.2. The number of benzene rings is 1. The quantitative estimate of drug-likeness (QED) is 0.786. The van der Waals surface area contributed by atoms with Crippen molar-refractivity contribution >= 4 is 21.9 Å². The van der Waals surface area contributed by atoms with Crippen molar-refractivity contribution in [1.29, 1.82) is 0 Å². The van der Waals surface area contributed by atoms with E-state index in [1.165, 1.54) is 0 Å². The fourth-order valence-electron chi connectivity index (χ4n) is 1.26. The second-order valence-electron chi connectivity index (χ2n) is 3.34. The van der Waals surface area contributed by atoms with Crippen LogP contribution in [0.4, 0.5) is 0 Å². The number of carbonyl (C=O) groups is 1. The molecule has 0 amide bonds. The van der Waals surface area contributed by atoms with Crippen molar-refractivity contribution in [3.8, 4) is 5.75 Å². The number of phenolic OH excluding ortho intramolecular Hbond substituents is 1. The molecule has 0 aliphatic heterocycles. The number of phenols is 1. The Morgan fingerprint density at radius 3 is 2.73 bits per heavy atom. The first-order chi connectivity index (χ1) is 6.93. The van der Waals surface area contributed by atoms with Gasteiger partial charge in [0.15, 0.2) is 0 Å². The van der Waals surface area contributed by atoms with Crippen LogP contribution >= 0.6 is 15.9 Å². The van der Waals surface area contributed by atoms with E-state index in [1.54, 1.807) is 19.1 Å². The van der Waals surface area contributed by atoms with Crippen molar-refractivity contribution in [2.24, 2.45) is 5.73 Å². The van der Waals surface area contributed by atoms with Gasteiger partial charge in [0.1, 0.15) is 5.75 Å². The Kier molecular flexibility index (Phi) is 3.71. The van der Waals surface area contributed by atoms with Crippen LogP contribution in [0.25, 0.3) is 0 Å². The number of aromatic hydroxyl groups is 1. The van der Waals surface area contributed by atoms with E-state index in [4.69, 9.17) is 10.8 Å². The highest BCUT2D eigenvalue weighted by molar-refractivity contribution is 9.10. The summed E-state index contributed by atoms with van der Waals surface area (Å²) < 4.78 is 0.469. The minimum Gasteiger partial charge on any atom is -0.506 e. The molecule has 1 unspecified atom stereocenters. The van der Waals surface area contributed by atoms with Crippen molar-refractivity contribution < 1.29 is 15.0 Å². The molecule has 0 saturated heterocycles. The van der Waals surface area contributed by atoms with Crippen molar-refractivity contribution in [2.45, 2.75) is 19.4 Å². The Morgan fingerprint density at radius 2 is 2.20 bits per heavy atom. The minimum atomic E-state index is -0.963. The zero-order valence-corrected chi connectivity index (χ0v) is 9.78. The molecule has 4 N–H and O–H groups in total. The van der Waals surface area contributed by atoms with Gasteiger partial charge >= 0.3 is 5.97 Å². The number of hydrogen-bond donors (Lipinski definition) is 3. The average Bonchev–Trinajstić information content (AvgIpc) is 2.13. The van der Waals surface area contributed by atoms with E-state index < -0.39 is 12.0 Å². The molecule has 0 aliphatic carbocycles. The lowest BCUT2D eigenvalue weighted by Crippen LogP contribution is -2.15. The van der Waals surface area contributed by atoms with E-state index in [-0.39, 0.29) is 12.2 Å². The molecular weight excluding hydrogens is 262 g/mol. The van der Waals surface area contributed by atoms with E-state index in [1.807, 2.05) is 0 Å². The molecule has 0 fully saturated rings. The Hall–Kier alpha value is -1.07. The smallest absolute Gasteiger partial charge is 0.305 e. The van der Waals surface area contributed by atoms with Gasteiger partial charge in [0.05, 0.1) is 10.9 Å². The third kappa shape index (κ3) is 2.70. The maximum Gasteiger partial charge on any atom is 0.305 e. The number of aryl methyl sites for hydroxylation is 1. The SMILES string of the molecule is Cc1ccc(C(N)CC(=O)O)c(Br)c1O. The topological polar surface area (TPSA) is 83.6 Å². The van der Waals surface area contributed by atoms with E-state index in [0.717, 1.165) is 0 Å². The highest BCUT2D eigenvalue weighted by atomic mass is 79.9. The third-order valence-corrected chi connectivity index (χ3v) is 2.98. The van der Waals surface area contributed by atoms with Gasteiger partial charge in [-0.15, -0.1) is 0 Å². The zero-order valence-electron chi connectivity index (χ0n) is 8.20. The van der Waals surface area contributed by atoms with Crippen molar-refractivity contribution in [3.63, 3.8) is 0 Å². The standard InChI is InChI=1S/C10H12BrNO3/c1-5-2-3-6(9(11)10(5)15)7(12)4-8(13)14/h2-3,7,15H,4,12H2,1H3,(H,13,14). The largest absolute Gasteiger partial charge is 0.506 e. The van der Waals surface area contributed by atoms with Crippen LogP contribution in [0.5, 0.6) is 5.75 Å². The van der Waals surface area contributed by atoms with Gasteiger partial charge < -0.3 is 15.9 Å². The van der Waals surface area contributed by atoms with Crippen molar-refractivity contribution in [1.82, 2.24) is 0 Å². The van der Waals surface area contributed by atoms with Gasteiger partial charge in [0.2, 0.25) is 0 Å². The predicted octanol–water partition coefficient (Wildman–Crippen LogP) is 1.94. The number of nitrogens with two attached hydrogens (primary N) is 1. The van der Waals surface area contributed by atoms with Crippen LogP contribution < -0.4 is 5.73 Å². The first-order valence-electron chi connectivity index (χ1n) is 4.38. The first kappa shape index (κ1) is 12.0. The van der Waals surface area contributed by atoms with E-state index in [2.05, 4.69) is 15.9 Å². The number of carboxylic acids is 1. The van der Waals surface area contributed by atoms with Crippen LogP contribution in [-0.4, -0.2) is 16.2 Å².